The lowest BCUT2D eigenvalue weighted by atomic mass is 9.98. The predicted octanol–water partition coefficient (Wildman–Crippen LogP) is 4.21. The molecule has 7 heteroatoms. The molecule has 1 aromatic heterocycles. The number of pyridine rings is 1. The van der Waals surface area contributed by atoms with Crippen molar-refractivity contribution in [1.82, 2.24) is 4.98 Å². The molecule has 0 saturated carbocycles. The molecule has 2 aromatic carbocycles. The van der Waals surface area contributed by atoms with Crippen LogP contribution in [0.25, 0.3) is 0 Å². The summed E-state index contributed by atoms with van der Waals surface area (Å²) in [4.78, 5) is 30.5. The van der Waals surface area contributed by atoms with Gasteiger partial charge in [-0.25, -0.2) is 9.37 Å². The smallest absolute Gasteiger partial charge is 0.258 e. The molecular formula is C22H17F2N3O2. The van der Waals surface area contributed by atoms with Gasteiger partial charge in [-0.1, -0.05) is 6.07 Å². The fourth-order valence-electron chi connectivity index (χ4n) is 3.44. The number of aromatic nitrogens is 1. The Hall–Kier alpha value is -3.61. The number of hydrogen-bond donors (Lipinski definition) is 1. The summed E-state index contributed by atoms with van der Waals surface area (Å²) in [5, 5.41) is 2.84. The van der Waals surface area contributed by atoms with Crippen molar-refractivity contribution < 1.29 is 18.4 Å². The lowest BCUT2D eigenvalue weighted by Crippen LogP contribution is -2.36. The number of hydrogen-bond acceptors (Lipinski definition) is 3. The molecule has 0 bridgehead atoms. The van der Waals surface area contributed by atoms with Gasteiger partial charge in [-0.2, -0.15) is 4.39 Å². The summed E-state index contributed by atoms with van der Waals surface area (Å²) in [6.45, 7) is 0.491. The molecule has 0 atom stereocenters. The first-order valence-corrected chi connectivity index (χ1v) is 9.15. The number of nitrogens with zero attached hydrogens (tertiary/aromatic N) is 2. The molecule has 0 spiro atoms. The minimum Gasteiger partial charge on any atom is -0.322 e. The van der Waals surface area contributed by atoms with Crippen molar-refractivity contribution in [2.45, 2.75) is 12.8 Å². The topological polar surface area (TPSA) is 62.3 Å². The Balaban J connectivity index is 1.63. The molecule has 0 fully saturated rings. The van der Waals surface area contributed by atoms with Crippen LogP contribution in [0.15, 0.2) is 60.8 Å². The Morgan fingerprint density at radius 3 is 2.55 bits per heavy atom. The lowest BCUT2D eigenvalue weighted by molar-refractivity contribution is 0.0983. The molecule has 146 valence electrons. The zero-order chi connectivity index (χ0) is 20.4. The molecule has 0 unspecified atom stereocenters. The second kappa shape index (κ2) is 7.79. The summed E-state index contributed by atoms with van der Waals surface area (Å²) in [7, 11) is 0. The molecular weight excluding hydrogens is 376 g/mol. The number of carbonyl (C=O) groups is 2. The molecule has 1 aliphatic heterocycles. The monoisotopic (exact) mass is 393 g/mol. The summed E-state index contributed by atoms with van der Waals surface area (Å²) in [6, 6.07) is 13.2. The van der Waals surface area contributed by atoms with Crippen LogP contribution in [-0.4, -0.2) is 23.3 Å². The molecule has 0 aliphatic carbocycles. The number of anilines is 2. The highest BCUT2D eigenvalue weighted by molar-refractivity contribution is 6.08. The van der Waals surface area contributed by atoms with Crippen LogP contribution in [0.1, 0.15) is 32.7 Å². The van der Waals surface area contributed by atoms with Gasteiger partial charge in [-0.15, -0.1) is 0 Å². The van der Waals surface area contributed by atoms with E-state index in [1.165, 1.54) is 36.5 Å². The van der Waals surface area contributed by atoms with Crippen molar-refractivity contribution in [1.29, 1.82) is 0 Å². The Kier molecular flexibility index (Phi) is 5.03. The van der Waals surface area contributed by atoms with Crippen molar-refractivity contribution >= 4 is 23.2 Å². The minimum absolute atomic E-state index is 0.214. The number of halogens is 2. The molecule has 1 N–H and O–H groups in total. The molecule has 0 radical (unpaired) electrons. The second-order valence-corrected chi connectivity index (χ2v) is 6.69. The van der Waals surface area contributed by atoms with Crippen LogP contribution < -0.4 is 10.2 Å². The van der Waals surface area contributed by atoms with Crippen LogP contribution in [0.2, 0.25) is 0 Å². The third-order valence-electron chi connectivity index (χ3n) is 4.82. The highest BCUT2D eigenvalue weighted by Gasteiger charge is 2.26. The van der Waals surface area contributed by atoms with Crippen molar-refractivity contribution in [3.8, 4) is 0 Å². The van der Waals surface area contributed by atoms with Crippen LogP contribution in [0.4, 0.5) is 20.2 Å². The van der Waals surface area contributed by atoms with Gasteiger partial charge in [0.2, 0.25) is 5.95 Å². The highest BCUT2D eigenvalue weighted by Crippen LogP contribution is 2.34. The number of fused-ring (bicyclic) bond motifs is 1. The van der Waals surface area contributed by atoms with E-state index in [1.54, 1.807) is 23.1 Å². The molecule has 2 heterocycles. The number of amides is 2. The zero-order valence-electron chi connectivity index (χ0n) is 15.4. The zero-order valence-corrected chi connectivity index (χ0v) is 15.4. The Labute approximate surface area is 166 Å². The lowest BCUT2D eigenvalue weighted by Gasteiger charge is -2.31. The number of benzene rings is 2. The van der Waals surface area contributed by atoms with E-state index in [9.17, 15) is 18.4 Å². The number of rotatable bonds is 3. The van der Waals surface area contributed by atoms with Gasteiger partial charge in [-0.3, -0.25) is 9.59 Å². The molecule has 29 heavy (non-hydrogen) atoms. The Morgan fingerprint density at radius 2 is 1.79 bits per heavy atom. The maximum Gasteiger partial charge on any atom is 0.258 e. The van der Waals surface area contributed by atoms with Gasteiger partial charge >= 0.3 is 0 Å². The number of carbonyl (C=O) groups excluding carboxylic acids is 2. The first-order valence-electron chi connectivity index (χ1n) is 9.15. The van der Waals surface area contributed by atoms with Gasteiger partial charge in [0.25, 0.3) is 11.8 Å². The van der Waals surface area contributed by atoms with E-state index in [0.717, 1.165) is 11.6 Å². The first kappa shape index (κ1) is 18.7. The Bertz CT molecular complexity index is 1080. The minimum atomic E-state index is -0.714. The maximum absolute atomic E-state index is 13.4. The molecule has 4 rings (SSSR count). The Morgan fingerprint density at radius 1 is 1.00 bits per heavy atom. The van der Waals surface area contributed by atoms with E-state index in [0.29, 0.717) is 36.3 Å². The van der Waals surface area contributed by atoms with Crippen LogP contribution >= 0.6 is 0 Å². The first-order chi connectivity index (χ1) is 14.0. The van der Waals surface area contributed by atoms with Crippen LogP contribution in [0, 0.1) is 11.8 Å². The van der Waals surface area contributed by atoms with E-state index in [2.05, 4.69) is 10.3 Å². The fraction of sp³-hybridized carbons (Fsp3) is 0.136. The summed E-state index contributed by atoms with van der Waals surface area (Å²) in [6.07, 6.45) is 2.65. The van der Waals surface area contributed by atoms with Crippen molar-refractivity contribution in [3.63, 3.8) is 0 Å². The van der Waals surface area contributed by atoms with Gasteiger partial charge in [0.15, 0.2) is 0 Å². The van der Waals surface area contributed by atoms with Crippen LogP contribution in [0.5, 0.6) is 0 Å². The standard InChI is InChI=1S/C22H17F2N3O2/c23-16-8-6-14(7-9-16)21(28)26-18-4-1-5-19-17(18)3-2-12-27(19)22(29)15-10-11-25-20(24)13-15/h1,4-11,13H,2-3,12H2,(H,26,28). The summed E-state index contributed by atoms with van der Waals surface area (Å²) >= 11 is 0. The average molecular weight is 393 g/mol. The molecule has 2 amide bonds. The van der Waals surface area contributed by atoms with Gasteiger partial charge in [0, 0.05) is 41.3 Å². The predicted molar refractivity (Wildman–Crippen MR) is 105 cm³/mol. The van der Waals surface area contributed by atoms with E-state index in [-0.39, 0.29) is 17.4 Å². The second-order valence-electron chi connectivity index (χ2n) is 6.69. The third kappa shape index (κ3) is 3.85. The van der Waals surface area contributed by atoms with Crippen LogP contribution in [-0.2, 0) is 6.42 Å². The molecule has 3 aromatic rings. The van der Waals surface area contributed by atoms with E-state index in [4.69, 9.17) is 0 Å². The third-order valence-corrected chi connectivity index (χ3v) is 4.82. The fourth-order valence-corrected chi connectivity index (χ4v) is 3.44. The van der Waals surface area contributed by atoms with E-state index < -0.39 is 11.8 Å². The highest BCUT2D eigenvalue weighted by atomic mass is 19.1. The van der Waals surface area contributed by atoms with Crippen molar-refractivity contribution in [3.05, 3.63) is 89.2 Å². The largest absolute Gasteiger partial charge is 0.322 e. The average Bonchev–Trinajstić information content (AvgIpc) is 2.73. The maximum atomic E-state index is 13.4. The normalized spacial score (nSPS) is 13.0. The molecule has 5 nitrogen and oxygen atoms in total. The van der Waals surface area contributed by atoms with Gasteiger partial charge < -0.3 is 10.2 Å². The van der Waals surface area contributed by atoms with Crippen LogP contribution in [0.3, 0.4) is 0 Å². The SMILES string of the molecule is O=C(Nc1cccc2c1CCCN2C(=O)c1ccnc(F)c1)c1ccc(F)cc1. The van der Waals surface area contributed by atoms with Crippen molar-refractivity contribution in [2.75, 3.05) is 16.8 Å². The van der Waals surface area contributed by atoms with E-state index in [1.807, 2.05) is 0 Å². The molecule has 0 saturated heterocycles. The summed E-state index contributed by atoms with van der Waals surface area (Å²) in [5.41, 5.74) is 2.65. The van der Waals surface area contributed by atoms with E-state index >= 15 is 0 Å². The quantitative estimate of drug-likeness (QED) is 0.679. The number of nitrogens with one attached hydrogen (secondary N) is 1. The molecule has 1 aliphatic rings. The van der Waals surface area contributed by atoms with Gasteiger partial charge in [-0.05, 0) is 60.9 Å². The van der Waals surface area contributed by atoms with Gasteiger partial charge in [0.05, 0.1) is 0 Å². The van der Waals surface area contributed by atoms with Gasteiger partial charge in [0.1, 0.15) is 5.82 Å². The van der Waals surface area contributed by atoms with Crippen molar-refractivity contribution in [2.24, 2.45) is 0 Å². The summed E-state index contributed by atoms with van der Waals surface area (Å²) in [5.74, 6) is -1.82. The summed E-state index contributed by atoms with van der Waals surface area (Å²) < 4.78 is 26.5.